The summed E-state index contributed by atoms with van der Waals surface area (Å²) < 4.78 is 32.2. The molecule has 5 rings (SSSR count). The quantitative estimate of drug-likeness (QED) is 0.828. The molecule has 0 saturated carbocycles. The Bertz CT molecular complexity index is 1060. The topological polar surface area (TPSA) is 87.5 Å². The highest BCUT2D eigenvalue weighted by Gasteiger charge is 2.62. The molecule has 9 heteroatoms. The second-order valence-electron chi connectivity index (χ2n) is 8.10. The Morgan fingerprint density at radius 2 is 1.90 bits per heavy atom. The SMILES string of the molecule is Cn1ccnc1[C@@H]1N(S(=O)(=O)N2CCCCC2)CC[C@]12C(=O)Nc1ccccc12. The maximum atomic E-state index is 13.6. The normalized spacial score (nSPS) is 28.0. The molecule has 2 atom stereocenters. The molecule has 4 heterocycles. The van der Waals surface area contributed by atoms with Crippen LogP contribution in [0.25, 0.3) is 0 Å². The molecular weight excluding hydrogens is 390 g/mol. The zero-order chi connectivity index (χ0) is 20.2. The first-order valence-corrected chi connectivity index (χ1v) is 11.5. The lowest BCUT2D eigenvalue weighted by atomic mass is 9.75. The van der Waals surface area contributed by atoms with Crippen molar-refractivity contribution in [1.29, 1.82) is 0 Å². The van der Waals surface area contributed by atoms with Crippen molar-refractivity contribution >= 4 is 21.8 Å². The summed E-state index contributed by atoms with van der Waals surface area (Å²) in [6.07, 6.45) is 6.68. The van der Waals surface area contributed by atoms with Gasteiger partial charge < -0.3 is 9.88 Å². The maximum Gasteiger partial charge on any atom is 0.282 e. The van der Waals surface area contributed by atoms with E-state index in [1.807, 2.05) is 35.9 Å². The van der Waals surface area contributed by atoms with Gasteiger partial charge in [-0.2, -0.15) is 17.0 Å². The van der Waals surface area contributed by atoms with Crippen LogP contribution in [0, 0.1) is 0 Å². The minimum absolute atomic E-state index is 0.150. The minimum Gasteiger partial charge on any atom is -0.337 e. The van der Waals surface area contributed by atoms with E-state index in [1.54, 1.807) is 16.7 Å². The second-order valence-corrected chi connectivity index (χ2v) is 9.98. The number of aromatic nitrogens is 2. The summed E-state index contributed by atoms with van der Waals surface area (Å²) >= 11 is 0. The third-order valence-corrected chi connectivity index (χ3v) is 8.59. The Balaban J connectivity index is 1.67. The highest BCUT2D eigenvalue weighted by molar-refractivity contribution is 7.86. The van der Waals surface area contributed by atoms with E-state index in [0.29, 0.717) is 25.3 Å². The van der Waals surface area contributed by atoms with Crippen LogP contribution in [0.2, 0.25) is 0 Å². The lowest BCUT2D eigenvalue weighted by molar-refractivity contribution is -0.121. The minimum atomic E-state index is -3.71. The third-order valence-electron chi connectivity index (χ3n) is 6.58. The number of hydrogen-bond donors (Lipinski definition) is 1. The Kier molecular flexibility index (Phi) is 4.30. The molecule has 0 bridgehead atoms. The van der Waals surface area contributed by atoms with Crippen molar-refractivity contribution in [2.24, 2.45) is 7.05 Å². The van der Waals surface area contributed by atoms with Crippen molar-refractivity contribution in [3.63, 3.8) is 0 Å². The first kappa shape index (κ1) is 18.8. The van der Waals surface area contributed by atoms with E-state index in [2.05, 4.69) is 10.3 Å². The van der Waals surface area contributed by atoms with E-state index in [0.717, 1.165) is 30.5 Å². The summed E-state index contributed by atoms with van der Waals surface area (Å²) in [5.74, 6) is 0.443. The van der Waals surface area contributed by atoms with Gasteiger partial charge in [-0.15, -0.1) is 0 Å². The fourth-order valence-corrected chi connectivity index (χ4v) is 7.02. The van der Waals surface area contributed by atoms with Crippen molar-refractivity contribution in [2.45, 2.75) is 37.1 Å². The summed E-state index contributed by atoms with van der Waals surface area (Å²) in [6, 6.07) is 6.90. The summed E-state index contributed by atoms with van der Waals surface area (Å²) in [4.78, 5) is 17.8. The lowest BCUT2D eigenvalue weighted by Crippen LogP contribution is -2.49. The van der Waals surface area contributed by atoms with Crippen molar-refractivity contribution in [3.05, 3.63) is 48.0 Å². The van der Waals surface area contributed by atoms with Crippen LogP contribution in [-0.2, 0) is 27.5 Å². The van der Waals surface area contributed by atoms with Gasteiger partial charge >= 0.3 is 0 Å². The Hall–Kier alpha value is -2.23. The van der Waals surface area contributed by atoms with Gasteiger partial charge in [0.2, 0.25) is 5.91 Å². The van der Waals surface area contributed by atoms with E-state index >= 15 is 0 Å². The molecule has 154 valence electrons. The maximum absolute atomic E-state index is 13.6. The average Bonchev–Trinajstić information content (AvgIpc) is 3.40. The van der Waals surface area contributed by atoms with Gasteiger partial charge in [-0.3, -0.25) is 4.79 Å². The van der Waals surface area contributed by atoms with E-state index in [1.165, 1.54) is 4.31 Å². The molecule has 0 unspecified atom stereocenters. The average molecular weight is 416 g/mol. The Morgan fingerprint density at radius 3 is 2.62 bits per heavy atom. The van der Waals surface area contributed by atoms with Gasteiger partial charge in [0.25, 0.3) is 10.2 Å². The number of aryl methyl sites for hydroxylation is 1. The number of benzene rings is 1. The fourth-order valence-electron chi connectivity index (χ4n) is 5.14. The predicted octanol–water partition coefficient (Wildman–Crippen LogP) is 1.79. The van der Waals surface area contributed by atoms with Gasteiger partial charge in [-0.05, 0) is 30.9 Å². The van der Waals surface area contributed by atoms with Crippen LogP contribution in [0.4, 0.5) is 5.69 Å². The molecular formula is C20H25N5O3S. The highest BCUT2D eigenvalue weighted by Crippen LogP contribution is 2.55. The molecule has 29 heavy (non-hydrogen) atoms. The number of fused-ring (bicyclic) bond motifs is 2. The number of nitrogens with zero attached hydrogens (tertiary/aromatic N) is 4. The summed E-state index contributed by atoms with van der Waals surface area (Å²) in [5.41, 5.74) is 0.640. The molecule has 0 radical (unpaired) electrons. The monoisotopic (exact) mass is 415 g/mol. The molecule has 3 aliphatic heterocycles. The van der Waals surface area contributed by atoms with Crippen LogP contribution in [0.3, 0.4) is 0 Å². The molecule has 8 nitrogen and oxygen atoms in total. The highest BCUT2D eigenvalue weighted by atomic mass is 32.2. The van der Waals surface area contributed by atoms with Crippen LogP contribution in [0.15, 0.2) is 36.7 Å². The van der Waals surface area contributed by atoms with Gasteiger partial charge in [0.15, 0.2) is 0 Å². The zero-order valence-corrected chi connectivity index (χ0v) is 17.2. The van der Waals surface area contributed by atoms with Crippen molar-refractivity contribution in [1.82, 2.24) is 18.2 Å². The Labute approximate surface area is 170 Å². The van der Waals surface area contributed by atoms with Crippen LogP contribution in [0.5, 0.6) is 0 Å². The number of carbonyl (C=O) groups is 1. The van der Waals surface area contributed by atoms with Gasteiger partial charge in [0.1, 0.15) is 17.3 Å². The van der Waals surface area contributed by atoms with Gasteiger partial charge in [0, 0.05) is 44.8 Å². The van der Waals surface area contributed by atoms with Crippen LogP contribution in [0.1, 0.15) is 43.1 Å². The molecule has 2 aromatic rings. The number of amides is 1. The molecule has 1 N–H and O–H groups in total. The lowest BCUT2D eigenvalue weighted by Gasteiger charge is -2.36. The van der Waals surface area contributed by atoms with Crippen molar-refractivity contribution in [2.75, 3.05) is 25.0 Å². The van der Waals surface area contributed by atoms with E-state index in [-0.39, 0.29) is 12.5 Å². The number of hydrogen-bond acceptors (Lipinski definition) is 4. The van der Waals surface area contributed by atoms with E-state index in [9.17, 15) is 13.2 Å². The molecule has 0 aliphatic carbocycles. The largest absolute Gasteiger partial charge is 0.337 e. The standard InChI is InChI=1S/C20H25N5O3S/c1-23-14-10-21-18(23)17-20(15-7-3-4-8-16(15)22-19(20)26)9-13-25(17)29(27,28)24-11-5-2-6-12-24/h3-4,7-8,10,14,17H,2,5-6,9,11-13H2,1H3,(H,22,26)/t17-,20+/m0/s1. The van der Waals surface area contributed by atoms with E-state index in [4.69, 9.17) is 0 Å². The number of piperidine rings is 1. The Morgan fingerprint density at radius 1 is 1.14 bits per heavy atom. The number of para-hydroxylation sites is 1. The van der Waals surface area contributed by atoms with Crippen molar-refractivity contribution in [3.8, 4) is 0 Å². The zero-order valence-electron chi connectivity index (χ0n) is 16.4. The predicted molar refractivity (Wildman–Crippen MR) is 108 cm³/mol. The number of anilines is 1. The molecule has 1 amide bonds. The number of carbonyl (C=O) groups excluding carboxylic acids is 1. The smallest absolute Gasteiger partial charge is 0.282 e. The van der Waals surface area contributed by atoms with Gasteiger partial charge in [-0.25, -0.2) is 4.98 Å². The first-order valence-electron chi connectivity index (χ1n) is 10.1. The van der Waals surface area contributed by atoms with E-state index < -0.39 is 21.7 Å². The molecule has 2 saturated heterocycles. The third kappa shape index (κ3) is 2.60. The summed E-state index contributed by atoms with van der Waals surface area (Å²) in [5, 5.41) is 2.98. The molecule has 3 aliphatic rings. The number of imidazole rings is 1. The van der Waals surface area contributed by atoms with Crippen LogP contribution < -0.4 is 5.32 Å². The molecule has 1 aromatic heterocycles. The van der Waals surface area contributed by atoms with Crippen molar-refractivity contribution < 1.29 is 13.2 Å². The van der Waals surface area contributed by atoms with Gasteiger partial charge in [0.05, 0.1) is 0 Å². The molecule has 1 spiro atoms. The first-order chi connectivity index (χ1) is 14.0. The second kappa shape index (κ2) is 6.65. The number of rotatable bonds is 3. The molecule has 1 aromatic carbocycles. The van der Waals surface area contributed by atoms with Crippen LogP contribution in [-0.4, -0.2) is 52.1 Å². The van der Waals surface area contributed by atoms with Gasteiger partial charge in [-0.1, -0.05) is 24.6 Å². The summed E-state index contributed by atoms with van der Waals surface area (Å²) in [7, 11) is -1.86. The summed E-state index contributed by atoms with van der Waals surface area (Å²) in [6.45, 7) is 1.35. The number of nitrogens with one attached hydrogen (secondary N) is 1. The molecule has 2 fully saturated rings. The van der Waals surface area contributed by atoms with Crippen LogP contribution >= 0.6 is 0 Å². The fraction of sp³-hybridized carbons (Fsp3) is 0.500.